The molecule has 0 radical (unpaired) electrons. The second kappa shape index (κ2) is 6.49. The largest absolute Gasteiger partial charge is 0.493 e. The molecule has 0 aliphatic carbocycles. The first kappa shape index (κ1) is 13.8. The zero-order chi connectivity index (χ0) is 13.7. The van der Waals surface area contributed by atoms with Crippen molar-refractivity contribution in [2.75, 3.05) is 19.8 Å². The lowest BCUT2D eigenvalue weighted by atomic mass is 10.2. The third kappa shape index (κ3) is 3.90. The van der Waals surface area contributed by atoms with Crippen molar-refractivity contribution in [2.45, 2.75) is 26.1 Å². The SMILES string of the molecule is Cc1cc([N+](=O)[O-])ccc1OCCC1OCCCO1. The maximum atomic E-state index is 10.6. The number of aryl methyl sites for hydroxylation is 1. The molecule has 1 aliphatic heterocycles. The van der Waals surface area contributed by atoms with Gasteiger partial charge in [0.05, 0.1) is 24.7 Å². The van der Waals surface area contributed by atoms with Crippen LogP contribution >= 0.6 is 0 Å². The molecule has 0 atom stereocenters. The van der Waals surface area contributed by atoms with Gasteiger partial charge >= 0.3 is 0 Å². The summed E-state index contributed by atoms with van der Waals surface area (Å²) in [5, 5.41) is 10.6. The summed E-state index contributed by atoms with van der Waals surface area (Å²) in [6.07, 6.45) is 1.38. The van der Waals surface area contributed by atoms with Gasteiger partial charge in [0.1, 0.15) is 5.75 Å². The molecule has 1 aromatic rings. The number of nitro benzene ring substituents is 1. The van der Waals surface area contributed by atoms with Crippen molar-refractivity contribution in [3.8, 4) is 5.75 Å². The van der Waals surface area contributed by atoms with Crippen LogP contribution in [0.5, 0.6) is 5.75 Å². The minimum atomic E-state index is -0.416. The van der Waals surface area contributed by atoms with Crippen molar-refractivity contribution in [1.82, 2.24) is 0 Å². The number of hydrogen-bond acceptors (Lipinski definition) is 5. The first-order valence-corrected chi connectivity index (χ1v) is 6.28. The Morgan fingerprint density at radius 2 is 2.16 bits per heavy atom. The Bertz CT molecular complexity index is 443. The van der Waals surface area contributed by atoms with Crippen LogP contribution in [0.3, 0.4) is 0 Å². The van der Waals surface area contributed by atoms with Gasteiger partial charge in [0.25, 0.3) is 5.69 Å². The van der Waals surface area contributed by atoms with Gasteiger partial charge in [-0.15, -0.1) is 0 Å². The fraction of sp³-hybridized carbons (Fsp3) is 0.538. The summed E-state index contributed by atoms with van der Waals surface area (Å²) in [5.74, 6) is 0.654. The molecule has 0 amide bonds. The highest BCUT2D eigenvalue weighted by Gasteiger charge is 2.14. The molecule has 1 aromatic carbocycles. The van der Waals surface area contributed by atoms with E-state index in [-0.39, 0.29) is 12.0 Å². The van der Waals surface area contributed by atoms with E-state index < -0.39 is 4.92 Å². The molecular weight excluding hydrogens is 250 g/mol. The quantitative estimate of drug-likeness (QED) is 0.605. The zero-order valence-corrected chi connectivity index (χ0v) is 10.8. The Hall–Kier alpha value is -1.66. The van der Waals surface area contributed by atoms with E-state index in [1.165, 1.54) is 12.1 Å². The summed E-state index contributed by atoms with van der Waals surface area (Å²) in [7, 11) is 0. The molecule has 1 saturated heterocycles. The van der Waals surface area contributed by atoms with E-state index in [0.29, 0.717) is 18.8 Å². The molecule has 1 heterocycles. The van der Waals surface area contributed by atoms with Crippen LogP contribution in [0, 0.1) is 17.0 Å². The highest BCUT2D eigenvalue weighted by Crippen LogP contribution is 2.23. The van der Waals surface area contributed by atoms with E-state index in [2.05, 4.69) is 0 Å². The second-order valence-corrected chi connectivity index (χ2v) is 4.37. The average molecular weight is 267 g/mol. The molecule has 6 heteroatoms. The summed E-state index contributed by atoms with van der Waals surface area (Å²) in [6, 6.07) is 4.56. The van der Waals surface area contributed by atoms with E-state index in [1.807, 2.05) is 0 Å². The molecule has 104 valence electrons. The predicted molar refractivity (Wildman–Crippen MR) is 68.3 cm³/mol. The number of hydrogen-bond donors (Lipinski definition) is 0. The van der Waals surface area contributed by atoms with Gasteiger partial charge in [-0.05, 0) is 25.0 Å². The standard InChI is InChI=1S/C13H17NO5/c1-10-9-11(14(15)16)3-4-12(10)17-8-5-13-18-6-2-7-19-13/h3-4,9,13H,2,5-8H2,1H3. The minimum Gasteiger partial charge on any atom is -0.493 e. The predicted octanol–water partition coefficient (Wildman–Crippen LogP) is 2.44. The molecule has 0 saturated carbocycles. The molecule has 0 spiro atoms. The normalized spacial score (nSPS) is 16.3. The zero-order valence-electron chi connectivity index (χ0n) is 10.8. The molecule has 0 bridgehead atoms. The van der Waals surface area contributed by atoms with Gasteiger partial charge in [0.2, 0.25) is 0 Å². The van der Waals surface area contributed by atoms with E-state index in [0.717, 1.165) is 25.2 Å². The Balaban J connectivity index is 1.83. The van der Waals surface area contributed by atoms with Crippen molar-refractivity contribution >= 4 is 5.69 Å². The van der Waals surface area contributed by atoms with Crippen LogP contribution in [0.4, 0.5) is 5.69 Å². The summed E-state index contributed by atoms with van der Waals surface area (Å²) in [6.45, 7) is 3.70. The van der Waals surface area contributed by atoms with E-state index in [4.69, 9.17) is 14.2 Å². The van der Waals surface area contributed by atoms with Crippen LogP contribution in [0.15, 0.2) is 18.2 Å². The molecule has 1 aliphatic rings. The maximum absolute atomic E-state index is 10.6. The lowest BCUT2D eigenvalue weighted by Crippen LogP contribution is -2.26. The average Bonchev–Trinajstić information content (AvgIpc) is 2.41. The topological polar surface area (TPSA) is 70.8 Å². The van der Waals surface area contributed by atoms with Crippen molar-refractivity contribution in [1.29, 1.82) is 0 Å². The van der Waals surface area contributed by atoms with Crippen molar-refractivity contribution in [3.63, 3.8) is 0 Å². The van der Waals surface area contributed by atoms with Crippen LogP contribution in [-0.2, 0) is 9.47 Å². The minimum absolute atomic E-state index is 0.0730. The van der Waals surface area contributed by atoms with Gasteiger partial charge in [-0.2, -0.15) is 0 Å². The van der Waals surface area contributed by atoms with Crippen molar-refractivity contribution in [3.05, 3.63) is 33.9 Å². The van der Waals surface area contributed by atoms with E-state index in [9.17, 15) is 10.1 Å². The maximum Gasteiger partial charge on any atom is 0.269 e. The molecule has 0 N–H and O–H groups in total. The lowest BCUT2D eigenvalue weighted by Gasteiger charge is -2.23. The number of ether oxygens (including phenoxy) is 3. The summed E-state index contributed by atoms with van der Waals surface area (Å²) in [4.78, 5) is 10.2. The number of rotatable bonds is 5. The van der Waals surface area contributed by atoms with Gasteiger partial charge in [0, 0.05) is 18.6 Å². The monoisotopic (exact) mass is 267 g/mol. The van der Waals surface area contributed by atoms with Gasteiger partial charge in [-0.1, -0.05) is 0 Å². The molecule has 0 aromatic heterocycles. The van der Waals surface area contributed by atoms with Crippen LogP contribution < -0.4 is 4.74 Å². The van der Waals surface area contributed by atoms with Gasteiger partial charge < -0.3 is 14.2 Å². The Morgan fingerprint density at radius 3 is 2.79 bits per heavy atom. The van der Waals surface area contributed by atoms with E-state index >= 15 is 0 Å². The number of nitrogens with zero attached hydrogens (tertiary/aromatic N) is 1. The molecule has 6 nitrogen and oxygen atoms in total. The molecule has 0 unspecified atom stereocenters. The van der Waals surface area contributed by atoms with Crippen LogP contribution in [0.2, 0.25) is 0 Å². The lowest BCUT2D eigenvalue weighted by molar-refractivity contribution is -0.384. The third-order valence-corrected chi connectivity index (χ3v) is 2.88. The number of nitro groups is 1. The summed E-state index contributed by atoms with van der Waals surface area (Å²) in [5.41, 5.74) is 0.823. The molecular formula is C13H17NO5. The summed E-state index contributed by atoms with van der Waals surface area (Å²) >= 11 is 0. The smallest absolute Gasteiger partial charge is 0.269 e. The van der Waals surface area contributed by atoms with Crippen LogP contribution in [0.25, 0.3) is 0 Å². The third-order valence-electron chi connectivity index (χ3n) is 2.88. The van der Waals surface area contributed by atoms with Gasteiger partial charge in [-0.3, -0.25) is 10.1 Å². The molecule has 2 rings (SSSR count). The number of benzene rings is 1. The summed E-state index contributed by atoms with van der Waals surface area (Å²) < 4.78 is 16.4. The first-order valence-electron chi connectivity index (χ1n) is 6.28. The van der Waals surface area contributed by atoms with Crippen LogP contribution in [-0.4, -0.2) is 31.0 Å². The van der Waals surface area contributed by atoms with Crippen molar-refractivity contribution < 1.29 is 19.1 Å². The van der Waals surface area contributed by atoms with Crippen LogP contribution in [0.1, 0.15) is 18.4 Å². The fourth-order valence-corrected chi connectivity index (χ4v) is 1.88. The second-order valence-electron chi connectivity index (χ2n) is 4.37. The molecule has 1 fully saturated rings. The van der Waals surface area contributed by atoms with E-state index in [1.54, 1.807) is 13.0 Å². The first-order chi connectivity index (χ1) is 9.16. The van der Waals surface area contributed by atoms with Crippen molar-refractivity contribution in [2.24, 2.45) is 0 Å². The Kier molecular flexibility index (Phi) is 4.70. The highest BCUT2D eigenvalue weighted by molar-refractivity contribution is 5.42. The van der Waals surface area contributed by atoms with Gasteiger partial charge in [0.15, 0.2) is 6.29 Å². The highest BCUT2D eigenvalue weighted by atomic mass is 16.7. The van der Waals surface area contributed by atoms with Gasteiger partial charge in [-0.25, -0.2) is 0 Å². The fourth-order valence-electron chi connectivity index (χ4n) is 1.88. The Morgan fingerprint density at radius 1 is 1.42 bits per heavy atom. The molecule has 19 heavy (non-hydrogen) atoms. The number of non-ortho nitro benzene ring substituents is 1. The Labute approximate surface area is 111 Å².